The molecule has 3 heterocycles. The molecule has 0 aromatic carbocycles. The van der Waals surface area contributed by atoms with Gasteiger partial charge < -0.3 is 15.8 Å². The molecule has 2 aliphatic rings. The van der Waals surface area contributed by atoms with Crippen molar-refractivity contribution < 1.29 is 4.74 Å². The molecular formula is C12H16N4O. The third kappa shape index (κ3) is 2.05. The van der Waals surface area contributed by atoms with E-state index >= 15 is 0 Å². The second-order valence-electron chi connectivity index (χ2n) is 4.55. The molecule has 5 heteroatoms. The lowest BCUT2D eigenvalue weighted by atomic mass is 9.91. The minimum Gasteiger partial charge on any atom is -0.492 e. The SMILES string of the molecule is Nc1ccc2c(n1)C(CC1CN=CN1)CCO2. The maximum Gasteiger partial charge on any atom is 0.141 e. The molecule has 0 spiro atoms. The van der Waals surface area contributed by atoms with Gasteiger partial charge in [-0.15, -0.1) is 0 Å². The Bertz CT molecular complexity index is 438. The fourth-order valence-corrected chi connectivity index (χ4v) is 2.45. The van der Waals surface area contributed by atoms with Crippen LogP contribution in [0.15, 0.2) is 17.1 Å². The molecule has 0 amide bonds. The number of nitrogens with two attached hydrogens (primary N) is 1. The highest BCUT2D eigenvalue weighted by Crippen LogP contribution is 2.35. The minimum atomic E-state index is 0.418. The number of nitrogens with zero attached hydrogens (tertiary/aromatic N) is 2. The van der Waals surface area contributed by atoms with Gasteiger partial charge in [0, 0.05) is 12.0 Å². The van der Waals surface area contributed by atoms with Crippen LogP contribution in [0.2, 0.25) is 0 Å². The Morgan fingerprint density at radius 2 is 2.41 bits per heavy atom. The molecule has 1 aromatic heterocycles. The molecule has 90 valence electrons. The number of aliphatic imine (C=N–C) groups is 1. The zero-order valence-corrected chi connectivity index (χ0v) is 9.60. The third-order valence-corrected chi connectivity index (χ3v) is 3.31. The average Bonchev–Trinajstić information content (AvgIpc) is 2.83. The van der Waals surface area contributed by atoms with Gasteiger partial charge in [-0.1, -0.05) is 0 Å². The smallest absolute Gasteiger partial charge is 0.141 e. The maximum atomic E-state index is 5.75. The number of anilines is 1. The highest BCUT2D eigenvalue weighted by Gasteiger charge is 2.26. The Kier molecular flexibility index (Phi) is 2.59. The number of nitrogens with one attached hydrogen (secondary N) is 1. The summed E-state index contributed by atoms with van der Waals surface area (Å²) in [7, 11) is 0. The van der Waals surface area contributed by atoms with E-state index in [4.69, 9.17) is 10.5 Å². The Morgan fingerprint density at radius 3 is 3.24 bits per heavy atom. The first-order chi connectivity index (χ1) is 8.33. The van der Waals surface area contributed by atoms with E-state index in [1.54, 1.807) is 12.4 Å². The summed E-state index contributed by atoms with van der Waals surface area (Å²) >= 11 is 0. The maximum absolute atomic E-state index is 5.75. The van der Waals surface area contributed by atoms with E-state index in [0.717, 1.165) is 37.4 Å². The lowest BCUT2D eigenvalue weighted by molar-refractivity contribution is 0.254. The Balaban J connectivity index is 1.80. The van der Waals surface area contributed by atoms with E-state index in [0.29, 0.717) is 17.8 Å². The van der Waals surface area contributed by atoms with Gasteiger partial charge in [-0.2, -0.15) is 0 Å². The molecule has 0 saturated carbocycles. The van der Waals surface area contributed by atoms with Crippen LogP contribution in [-0.2, 0) is 0 Å². The summed E-state index contributed by atoms with van der Waals surface area (Å²) in [6, 6.07) is 4.13. The molecule has 3 rings (SSSR count). The van der Waals surface area contributed by atoms with Gasteiger partial charge in [0.15, 0.2) is 0 Å². The van der Waals surface area contributed by atoms with Crippen LogP contribution in [-0.4, -0.2) is 30.5 Å². The van der Waals surface area contributed by atoms with Crippen molar-refractivity contribution in [3.05, 3.63) is 17.8 Å². The standard InChI is InChI=1S/C12H16N4O/c13-11-2-1-10-12(16-11)8(3-4-17-10)5-9-6-14-7-15-9/h1-2,7-9H,3-6H2,(H2,13,16)(H,14,15). The van der Waals surface area contributed by atoms with Crippen molar-refractivity contribution in [2.75, 3.05) is 18.9 Å². The normalized spacial score (nSPS) is 26.1. The van der Waals surface area contributed by atoms with E-state index in [-0.39, 0.29) is 0 Å². The van der Waals surface area contributed by atoms with Crippen LogP contribution < -0.4 is 15.8 Å². The Hall–Kier alpha value is -1.78. The van der Waals surface area contributed by atoms with Gasteiger partial charge in [0.2, 0.25) is 0 Å². The van der Waals surface area contributed by atoms with E-state index in [1.165, 1.54) is 0 Å². The Morgan fingerprint density at radius 1 is 1.47 bits per heavy atom. The quantitative estimate of drug-likeness (QED) is 0.795. The average molecular weight is 232 g/mol. The molecule has 1 aromatic rings. The topological polar surface area (TPSA) is 72.5 Å². The molecule has 0 fully saturated rings. The number of hydrogen-bond acceptors (Lipinski definition) is 5. The van der Waals surface area contributed by atoms with Crippen molar-refractivity contribution >= 4 is 12.2 Å². The number of hydrogen-bond donors (Lipinski definition) is 2. The summed E-state index contributed by atoms with van der Waals surface area (Å²) in [6.07, 6.45) is 3.83. The molecule has 2 unspecified atom stereocenters. The number of aromatic nitrogens is 1. The van der Waals surface area contributed by atoms with Crippen molar-refractivity contribution in [1.82, 2.24) is 10.3 Å². The number of fused-ring (bicyclic) bond motifs is 1. The molecule has 5 nitrogen and oxygen atoms in total. The van der Waals surface area contributed by atoms with Crippen LogP contribution in [0.1, 0.15) is 24.5 Å². The predicted molar refractivity (Wildman–Crippen MR) is 66.4 cm³/mol. The van der Waals surface area contributed by atoms with E-state index in [9.17, 15) is 0 Å². The molecule has 0 saturated heterocycles. The summed E-state index contributed by atoms with van der Waals surface area (Å²) in [5.41, 5.74) is 6.75. The molecule has 3 N–H and O–H groups in total. The zero-order chi connectivity index (χ0) is 11.7. The van der Waals surface area contributed by atoms with Gasteiger partial charge in [-0.3, -0.25) is 4.99 Å². The highest BCUT2D eigenvalue weighted by molar-refractivity contribution is 5.57. The minimum absolute atomic E-state index is 0.418. The fraction of sp³-hybridized carbons (Fsp3) is 0.500. The predicted octanol–water partition coefficient (Wildman–Crippen LogP) is 0.920. The van der Waals surface area contributed by atoms with Crippen LogP contribution in [0.25, 0.3) is 0 Å². The van der Waals surface area contributed by atoms with Gasteiger partial charge in [0.25, 0.3) is 0 Å². The van der Waals surface area contributed by atoms with Crippen LogP contribution in [0.4, 0.5) is 5.82 Å². The molecule has 17 heavy (non-hydrogen) atoms. The number of pyridine rings is 1. The third-order valence-electron chi connectivity index (χ3n) is 3.31. The van der Waals surface area contributed by atoms with Crippen LogP contribution >= 0.6 is 0 Å². The summed E-state index contributed by atoms with van der Waals surface area (Å²) in [5, 5.41) is 3.26. The second kappa shape index (κ2) is 4.24. The van der Waals surface area contributed by atoms with E-state index < -0.39 is 0 Å². The van der Waals surface area contributed by atoms with Gasteiger partial charge in [0.1, 0.15) is 11.6 Å². The van der Waals surface area contributed by atoms with Crippen molar-refractivity contribution in [3.8, 4) is 5.75 Å². The van der Waals surface area contributed by atoms with Gasteiger partial charge >= 0.3 is 0 Å². The van der Waals surface area contributed by atoms with Crippen molar-refractivity contribution in [3.63, 3.8) is 0 Å². The van der Waals surface area contributed by atoms with Gasteiger partial charge in [-0.05, 0) is 25.0 Å². The number of rotatable bonds is 2. The molecule has 0 aliphatic carbocycles. The Labute approximate surface area is 100 Å². The summed E-state index contributed by atoms with van der Waals surface area (Å²) < 4.78 is 5.60. The van der Waals surface area contributed by atoms with Crippen LogP contribution in [0.5, 0.6) is 5.75 Å². The molecule has 2 atom stereocenters. The zero-order valence-electron chi connectivity index (χ0n) is 9.60. The first-order valence-corrected chi connectivity index (χ1v) is 5.96. The highest BCUT2D eigenvalue weighted by atomic mass is 16.5. The fourth-order valence-electron chi connectivity index (χ4n) is 2.45. The first-order valence-electron chi connectivity index (χ1n) is 5.96. The lowest BCUT2D eigenvalue weighted by Gasteiger charge is -2.26. The number of nitrogen functional groups attached to an aromatic ring is 1. The van der Waals surface area contributed by atoms with Gasteiger partial charge in [0.05, 0.1) is 25.2 Å². The van der Waals surface area contributed by atoms with Gasteiger partial charge in [-0.25, -0.2) is 4.98 Å². The molecule has 0 radical (unpaired) electrons. The molecular weight excluding hydrogens is 216 g/mol. The monoisotopic (exact) mass is 232 g/mol. The summed E-state index contributed by atoms with van der Waals surface area (Å²) in [6.45, 7) is 1.62. The summed E-state index contributed by atoms with van der Waals surface area (Å²) in [4.78, 5) is 8.61. The molecule has 0 bridgehead atoms. The number of ether oxygens (including phenoxy) is 1. The van der Waals surface area contributed by atoms with Crippen molar-refractivity contribution in [2.24, 2.45) is 4.99 Å². The first kappa shape index (κ1) is 10.4. The lowest BCUT2D eigenvalue weighted by Crippen LogP contribution is -2.29. The van der Waals surface area contributed by atoms with E-state index in [2.05, 4.69) is 15.3 Å². The van der Waals surface area contributed by atoms with Crippen molar-refractivity contribution in [2.45, 2.75) is 24.8 Å². The molecule has 2 aliphatic heterocycles. The largest absolute Gasteiger partial charge is 0.492 e. The summed E-state index contributed by atoms with van der Waals surface area (Å²) in [5.74, 6) is 1.87. The van der Waals surface area contributed by atoms with Crippen LogP contribution in [0, 0.1) is 0 Å². The van der Waals surface area contributed by atoms with Crippen molar-refractivity contribution in [1.29, 1.82) is 0 Å². The second-order valence-corrected chi connectivity index (χ2v) is 4.55. The van der Waals surface area contributed by atoms with E-state index in [1.807, 2.05) is 6.07 Å². The van der Waals surface area contributed by atoms with Crippen LogP contribution in [0.3, 0.4) is 0 Å².